The van der Waals surface area contributed by atoms with E-state index >= 15 is 0 Å². The summed E-state index contributed by atoms with van der Waals surface area (Å²) in [7, 11) is 1.79. The van der Waals surface area contributed by atoms with Crippen LogP contribution in [0.3, 0.4) is 0 Å². The first-order valence-electron chi connectivity index (χ1n) is 11.0. The maximum atomic E-state index is 5.35. The van der Waals surface area contributed by atoms with Crippen molar-refractivity contribution in [2.75, 3.05) is 39.9 Å². The quantitative estimate of drug-likeness (QED) is 0.338. The van der Waals surface area contributed by atoms with Gasteiger partial charge in [0.1, 0.15) is 0 Å². The number of halogens is 1. The topological polar surface area (TPSA) is 40.1 Å². The summed E-state index contributed by atoms with van der Waals surface area (Å²) < 4.78 is 5.35. The molecule has 2 saturated heterocycles. The van der Waals surface area contributed by atoms with Gasteiger partial charge in [-0.1, -0.05) is 30.7 Å². The summed E-state index contributed by atoms with van der Waals surface area (Å²) in [5, 5.41) is 3.49. The van der Waals surface area contributed by atoms with Crippen LogP contribution in [0, 0.1) is 5.92 Å². The second-order valence-electron chi connectivity index (χ2n) is 8.31. The largest absolute Gasteiger partial charge is 0.384 e. The molecular weight excluding hydrogens is 475 g/mol. The van der Waals surface area contributed by atoms with Crippen molar-refractivity contribution < 1.29 is 4.74 Å². The Morgan fingerprint density at radius 1 is 1.17 bits per heavy atom. The zero-order valence-corrected chi connectivity index (χ0v) is 20.7. The zero-order valence-electron chi connectivity index (χ0n) is 18.4. The van der Waals surface area contributed by atoms with Crippen molar-refractivity contribution in [3.8, 4) is 0 Å². The first kappa shape index (κ1) is 24.4. The number of nitrogens with one attached hydrogen (secondary N) is 1. The van der Waals surface area contributed by atoms with E-state index in [0.29, 0.717) is 12.0 Å². The highest BCUT2D eigenvalue weighted by Crippen LogP contribution is 2.22. The fourth-order valence-electron chi connectivity index (χ4n) is 4.46. The Labute approximate surface area is 194 Å². The van der Waals surface area contributed by atoms with Gasteiger partial charge >= 0.3 is 0 Å². The number of rotatable bonds is 7. The SMILES string of the molecule is CCNC(=NCc1ccccc1CN1CCCCC1C)N1CCC(COC)C1.I. The van der Waals surface area contributed by atoms with Gasteiger partial charge in [0.15, 0.2) is 5.96 Å². The van der Waals surface area contributed by atoms with Crippen molar-refractivity contribution in [3.05, 3.63) is 35.4 Å². The number of hydrogen-bond acceptors (Lipinski definition) is 3. The van der Waals surface area contributed by atoms with Crippen molar-refractivity contribution in [1.82, 2.24) is 15.1 Å². The normalized spacial score (nSPS) is 23.1. The van der Waals surface area contributed by atoms with E-state index in [4.69, 9.17) is 9.73 Å². The molecule has 2 atom stereocenters. The highest BCUT2D eigenvalue weighted by molar-refractivity contribution is 14.0. The van der Waals surface area contributed by atoms with Gasteiger partial charge in [-0.25, -0.2) is 4.99 Å². The summed E-state index contributed by atoms with van der Waals surface area (Å²) in [4.78, 5) is 10.0. The lowest BCUT2D eigenvalue weighted by atomic mass is 10.0. The maximum absolute atomic E-state index is 5.35. The molecule has 2 unspecified atom stereocenters. The lowest BCUT2D eigenvalue weighted by Gasteiger charge is -2.33. The maximum Gasteiger partial charge on any atom is 0.194 e. The van der Waals surface area contributed by atoms with E-state index in [0.717, 1.165) is 45.3 Å². The monoisotopic (exact) mass is 514 g/mol. The molecule has 2 aliphatic heterocycles. The average molecular weight is 514 g/mol. The van der Waals surface area contributed by atoms with Crippen LogP contribution in [0.2, 0.25) is 0 Å². The van der Waals surface area contributed by atoms with E-state index in [9.17, 15) is 0 Å². The molecule has 0 aromatic heterocycles. The van der Waals surface area contributed by atoms with Crippen molar-refractivity contribution in [2.24, 2.45) is 10.9 Å². The first-order valence-corrected chi connectivity index (χ1v) is 11.0. The molecule has 0 spiro atoms. The van der Waals surface area contributed by atoms with E-state index in [1.165, 1.54) is 43.4 Å². The Hall–Kier alpha value is -0.860. The number of benzene rings is 1. The smallest absolute Gasteiger partial charge is 0.194 e. The van der Waals surface area contributed by atoms with Crippen LogP contribution in [0.4, 0.5) is 0 Å². The van der Waals surface area contributed by atoms with Gasteiger partial charge in [-0.15, -0.1) is 24.0 Å². The Balaban J connectivity index is 0.00000300. The molecule has 2 fully saturated rings. The molecule has 0 amide bonds. The number of aliphatic imine (C=N–C) groups is 1. The molecule has 29 heavy (non-hydrogen) atoms. The van der Waals surface area contributed by atoms with Gasteiger partial charge in [-0.3, -0.25) is 4.90 Å². The number of piperidine rings is 1. The molecule has 3 rings (SSSR count). The summed E-state index contributed by atoms with van der Waals surface area (Å²) in [5.74, 6) is 1.66. The molecule has 5 nitrogen and oxygen atoms in total. The molecule has 0 bridgehead atoms. The van der Waals surface area contributed by atoms with Crippen LogP contribution in [0.15, 0.2) is 29.3 Å². The predicted octanol–water partition coefficient (Wildman–Crippen LogP) is 4.11. The van der Waals surface area contributed by atoms with E-state index in [-0.39, 0.29) is 24.0 Å². The van der Waals surface area contributed by atoms with E-state index in [2.05, 4.69) is 53.2 Å². The average Bonchev–Trinajstić information content (AvgIpc) is 3.17. The summed E-state index contributed by atoms with van der Waals surface area (Å²) >= 11 is 0. The van der Waals surface area contributed by atoms with Crippen molar-refractivity contribution in [3.63, 3.8) is 0 Å². The third-order valence-electron chi connectivity index (χ3n) is 6.15. The number of hydrogen-bond donors (Lipinski definition) is 1. The van der Waals surface area contributed by atoms with Crippen LogP contribution in [0.25, 0.3) is 0 Å². The van der Waals surface area contributed by atoms with Crippen LogP contribution in [-0.4, -0.2) is 61.7 Å². The Morgan fingerprint density at radius 3 is 2.69 bits per heavy atom. The zero-order chi connectivity index (χ0) is 19.8. The molecule has 2 aliphatic rings. The Morgan fingerprint density at radius 2 is 1.97 bits per heavy atom. The highest BCUT2D eigenvalue weighted by atomic mass is 127. The Bertz CT molecular complexity index is 639. The summed E-state index contributed by atoms with van der Waals surface area (Å²) in [6.45, 7) is 11.4. The van der Waals surface area contributed by atoms with Gasteiger partial charge in [0.05, 0.1) is 13.2 Å². The minimum atomic E-state index is 0. The molecule has 0 radical (unpaired) electrons. The van der Waals surface area contributed by atoms with E-state index in [1.54, 1.807) is 7.11 Å². The number of methoxy groups -OCH3 is 1. The summed E-state index contributed by atoms with van der Waals surface area (Å²) in [6, 6.07) is 9.52. The number of ether oxygens (including phenoxy) is 1. The van der Waals surface area contributed by atoms with Crippen molar-refractivity contribution >= 4 is 29.9 Å². The lowest BCUT2D eigenvalue weighted by Crippen LogP contribution is -2.40. The summed E-state index contributed by atoms with van der Waals surface area (Å²) in [6.07, 6.45) is 5.20. The van der Waals surface area contributed by atoms with Crippen LogP contribution in [0.1, 0.15) is 50.7 Å². The van der Waals surface area contributed by atoms with Gasteiger partial charge in [0.2, 0.25) is 0 Å². The minimum absolute atomic E-state index is 0. The number of guanidine groups is 1. The van der Waals surface area contributed by atoms with Gasteiger partial charge in [-0.05, 0) is 50.8 Å². The van der Waals surface area contributed by atoms with Gasteiger partial charge in [0.25, 0.3) is 0 Å². The van der Waals surface area contributed by atoms with Gasteiger partial charge < -0.3 is 15.0 Å². The van der Waals surface area contributed by atoms with E-state index in [1.807, 2.05) is 0 Å². The molecule has 1 aromatic carbocycles. The predicted molar refractivity (Wildman–Crippen MR) is 132 cm³/mol. The third kappa shape index (κ3) is 7.10. The lowest BCUT2D eigenvalue weighted by molar-refractivity contribution is 0.152. The van der Waals surface area contributed by atoms with Crippen LogP contribution >= 0.6 is 24.0 Å². The number of nitrogens with zero attached hydrogens (tertiary/aromatic N) is 3. The van der Waals surface area contributed by atoms with E-state index < -0.39 is 0 Å². The second-order valence-corrected chi connectivity index (χ2v) is 8.31. The Kier molecular flexibility index (Phi) is 10.7. The third-order valence-corrected chi connectivity index (χ3v) is 6.15. The second kappa shape index (κ2) is 12.7. The van der Waals surface area contributed by atoms with Gasteiger partial charge in [-0.2, -0.15) is 0 Å². The van der Waals surface area contributed by atoms with Crippen LogP contribution in [-0.2, 0) is 17.8 Å². The van der Waals surface area contributed by atoms with Crippen molar-refractivity contribution in [1.29, 1.82) is 0 Å². The molecule has 6 heteroatoms. The fraction of sp³-hybridized carbons (Fsp3) is 0.696. The molecule has 0 saturated carbocycles. The highest BCUT2D eigenvalue weighted by Gasteiger charge is 2.25. The summed E-state index contributed by atoms with van der Waals surface area (Å²) in [5.41, 5.74) is 2.78. The standard InChI is InChI=1S/C23H38N4O.HI/c1-4-24-23(27-14-12-20(16-27)18-28-3)25-15-21-10-5-6-11-22(21)17-26-13-8-7-9-19(26)2;/h5-6,10-11,19-20H,4,7-9,12-18H2,1-3H3,(H,24,25);1H. The molecule has 164 valence electrons. The first-order chi connectivity index (χ1) is 13.7. The molecule has 1 N–H and O–H groups in total. The molecule has 1 aromatic rings. The number of likely N-dealkylation sites (tertiary alicyclic amines) is 2. The van der Waals surface area contributed by atoms with Crippen LogP contribution < -0.4 is 5.32 Å². The van der Waals surface area contributed by atoms with Crippen molar-refractivity contribution in [2.45, 2.75) is 58.7 Å². The molecule has 2 heterocycles. The molecular formula is C23H39IN4O. The fourth-order valence-corrected chi connectivity index (χ4v) is 4.46. The minimum Gasteiger partial charge on any atom is -0.384 e. The van der Waals surface area contributed by atoms with Gasteiger partial charge in [0, 0.05) is 45.2 Å². The molecule has 0 aliphatic carbocycles. The van der Waals surface area contributed by atoms with Crippen LogP contribution in [0.5, 0.6) is 0 Å².